The Labute approximate surface area is 101 Å². The highest BCUT2D eigenvalue weighted by molar-refractivity contribution is 5.92. The molecule has 0 saturated heterocycles. The summed E-state index contributed by atoms with van der Waals surface area (Å²) in [5.41, 5.74) is 0.598. The van der Waals surface area contributed by atoms with Gasteiger partial charge in [0.25, 0.3) is 5.91 Å². The third-order valence-electron chi connectivity index (χ3n) is 3.67. The van der Waals surface area contributed by atoms with Gasteiger partial charge >= 0.3 is 0 Å². The van der Waals surface area contributed by atoms with Gasteiger partial charge in [-0.2, -0.15) is 0 Å². The molecule has 17 heavy (non-hydrogen) atoms. The standard InChI is InChI=1S/C13H20N2O2/c16-9-11-5-2-1-4-10(11)8-15-13(17)12-6-3-7-14-12/h3,6-7,10-11,14,16H,1-2,4-5,8-9H2,(H,15,17). The number of hydrogen-bond acceptors (Lipinski definition) is 2. The van der Waals surface area contributed by atoms with Crippen molar-refractivity contribution in [3.63, 3.8) is 0 Å². The number of carbonyl (C=O) groups is 1. The van der Waals surface area contributed by atoms with Gasteiger partial charge in [0.05, 0.1) is 0 Å². The molecule has 0 bridgehead atoms. The predicted molar refractivity (Wildman–Crippen MR) is 65.7 cm³/mol. The van der Waals surface area contributed by atoms with Gasteiger partial charge in [0, 0.05) is 19.3 Å². The number of rotatable bonds is 4. The van der Waals surface area contributed by atoms with Crippen LogP contribution in [0.25, 0.3) is 0 Å². The first-order valence-corrected chi connectivity index (χ1v) is 6.33. The summed E-state index contributed by atoms with van der Waals surface area (Å²) < 4.78 is 0. The minimum absolute atomic E-state index is 0.0581. The van der Waals surface area contributed by atoms with E-state index >= 15 is 0 Å². The van der Waals surface area contributed by atoms with Crippen LogP contribution in [0.15, 0.2) is 18.3 Å². The molecule has 1 aliphatic carbocycles. The average molecular weight is 236 g/mol. The van der Waals surface area contributed by atoms with Crippen molar-refractivity contribution in [3.05, 3.63) is 24.0 Å². The number of carbonyl (C=O) groups excluding carboxylic acids is 1. The Morgan fingerprint density at radius 2 is 2.18 bits per heavy atom. The van der Waals surface area contributed by atoms with Gasteiger partial charge in [0.1, 0.15) is 5.69 Å². The molecular formula is C13H20N2O2. The Morgan fingerprint density at radius 3 is 2.82 bits per heavy atom. The lowest BCUT2D eigenvalue weighted by Gasteiger charge is -2.30. The van der Waals surface area contributed by atoms with Crippen molar-refractivity contribution < 1.29 is 9.90 Å². The van der Waals surface area contributed by atoms with E-state index in [9.17, 15) is 9.90 Å². The minimum atomic E-state index is -0.0581. The molecule has 4 nitrogen and oxygen atoms in total. The normalized spacial score (nSPS) is 24.5. The van der Waals surface area contributed by atoms with Crippen LogP contribution < -0.4 is 5.32 Å². The van der Waals surface area contributed by atoms with Crippen molar-refractivity contribution in [1.82, 2.24) is 10.3 Å². The van der Waals surface area contributed by atoms with Gasteiger partial charge in [0.15, 0.2) is 0 Å². The molecule has 0 spiro atoms. The predicted octanol–water partition coefficient (Wildman–Crippen LogP) is 1.54. The van der Waals surface area contributed by atoms with Crippen LogP contribution in [0.1, 0.15) is 36.2 Å². The van der Waals surface area contributed by atoms with E-state index in [0.717, 1.165) is 12.8 Å². The highest BCUT2D eigenvalue weighted by Gasteiger charge is 2.24. The van der Waals surface area contributed by atoms with Crippen molar-refractivity contribution in [3.8, 4) is 0 Å². The van der Waals surface area contributed by atoms with E-state index in [-0.39, 0.29) is 12.5 Å². The lowest BCUT2D eigenvalue weighted by Crippen LogP contribution is -2.35. The summed E-state index contributed by atoms with van der Waals surface area (Å²) in [6.45, 7) is 0.909. The maximum Gasteiger partial charge on any atom is 0.267 e. The van der Waals surface area contributed by atoms with E-state index in [2.05, 4.69) is 10.3 Å². The number of amides is 1. The van der Waals surface area contributed by atoms with Crippen LogP contribution in [-0.2, 0) is 0 Å². The molecule has 1 aliphatic rings. The summed E-state index contributed by atoms with van der Waals surface area (Å²) in [5, 5.41) is 12.2. The largest absolute Gasteiger partial charge is 0.396 e. The number of aromatic amines is 1. The summed E-state index contributed by atoms with van der Waals surface area (Å²) in [6.07, 6.45) is 6.34. The fourth-order valence-electron chi connectivity index (χ4n) is 2.58. The molecule has 3 N–H and O–H groups in total. The molecule has 1 fully saturated rings. The SMILES string of the molecule is O=C(NCC1CCCCC1CO)c1ccc[nH]1. The fourth-order valence-corrected chi connectivity index (χ4v) is 2.58. The molecule has 2 atom stereocenters. The molecule has 0 aliphatic heterocycles. The van der Waals surface area contributed by atoms with E-state index in [1.54, 1.807) is 12.3 Å². The molecule has 1 aromatic heterocycles. The van der Waals surface area contributed by atoms with E-state index in [0.29, 0.717) is 24.1 Å². The highest BCUT2D eigenvalue weighted by Crippen LogP contribution is 2.29. The fraction of sp³-hybridized carbons (Fsp3) is 0.615. The first kappa shape index (κ1) is 12.2. The molecule has 94 valence electrons. The Morgan fingerprint density at radius 1 is 1.41 bits per heavy atom. The molecule has 2 rings (SSSR count). The average Bonchev–Trinajstić information content (AvgIpc) is 2.90. The maximum absolute atomic E-state index is 11.7. The Bertz CT molecular complexity index is 348. The maximum atomic E-state index is 11.7. The molecule has 0 aromatic carbocycles. The van der Waals surface area contributed by atoms with E-state index in [1.807, 2.05) is 6.07 Å². The van der Waals surface area contributed by atoms with Crippen LogP contribution in [-0.4, -0.2) is 29.1 Å². The van der Waals surface area contributed by atoms with Crippen molar-refractivity contribution >= 4 is 5.91 Å². The Balaban J connectivity index is 1.82. The van der Waals surface area contributed by atoms with Crippen molar-refractivity contribution in [2.24, 2.45) is 11.8 Å². The quantitative estimate of drug-likeness (QED) is 0.742. The molecule has 1 aromatic rings. The Kier molecular flexibility index (Phi) is 4.20. The van der Waals surface area contributed by atoms with Crippen LogP contribution >= 0.6 is 0 Å². The summed E-state index contributed by atoms with van der Waals surface area (Å²) in [6, 6.07) is 3.58. The van der Waals surface area contributed by atoms with Gasteiger partial charge in [-0.05, 0) is 36.8 Å². The van der Waals surface area contributed by atoms with Crippen LogP contribution in [0.2, 0.25) is 0 Å². The molecular weight excluding hydrogens is 216 g/mol. The molecule has 1 saturated carbocycles. The number of H-pyrrole nitrogens is 1. The van der Waals surface area contributed by atoms with Crippen molar-refractivity contribution in [1.29, 1.82) is 0 Å². The van der Waals surface area contributed by atoms with E-state index in [1.165, 1.54) is 12.8 Å². The number of aromatic nitrogens is 1. The van der Waals surface area contributed by atoms with Gasteiger partial charge in [0.2, 0.25) is 0 Å². The molecule has 0 radical (unpaired) electrons. The van der Waals surface area contributed by atoms with Gasteiger partial charge in [-0.25, -0.2) is 0 Å². The zero-order valence-corrected chi connectivity index (χ0v) is 9.98. The molecule has 2 unspecified atom stereocenters. The summed E-state index contributed by atoms with van der Waals surface area (Å²) in [5.74, 6) is 0.720. The summed E-state index contributed by atoms with van der Waals surface area (Å²) in [4.78, 5) is 14.6. The van der Waals surface area contributed by atoms with Gasteiger partial charge in [-0.3, -0.25) is 4.79 Å². The second kappa shape index (κ2) is 5.87. The first-order valence-electron chi connectivity index (χ1n) is 6.33. The van der Waals surface area contributed by atoms with Gasteiger partial charge < -0.3 is 15.4 Å². The van der Waals surface area contributed by atoms with E-state index in [4.69, 9.17) is 0 Å². The van der Waals surface area contributed by atoms with E-state index < -0.39 is 0 Å². The molecule has 1 heterocycles. The van der Waals surface area contributed by atoms with Crippen LogP contribution in [0.4, 0.5) is 0 Å². The summed E-state index contributed by atoms with van der Waals surface area (Å²) >= 11 is 0. The number of nitrogens with one attached hydrogen (secondary N) is 2. The number of aliphatic hydroxyl groups excluding tert-OH is 1. The molecule has 4 heteroatoms. The third kappa shape index (κ3) is 3.09. The number of aliphatic hydroxyl groups is 1. The first-order chi connectivity index (χ1) is 8.31. The van der Waals surface area contributed by atoms with Crippen molar-refractivity contribution in [2.75, 3.05) is 13.2 Å². The zero-order chi connectivity index (χ0) is 12.1. The second-order valence-electron chi connectivity index (χ2n) is 4.78. The molecule has 1 amide bonds. The third-order valence-corrected chi connectivity index (χ3v) is 3.67. The smallest absolute Gasteiger partial charge is 0.267 e. The van der Waals surface area contributed by atoms with Crippen LogP contribution in [0.3, 0.4) is 0 Å². The topological polar surface area (TPSA) is 65.1 Å². The monoisotopic (exact) mass is 236 g/mol. The second-order valence-corrected chi connectivity index (χ2v) is 4.78. The summed E-state index contributed by atoms with van der Waals surface area (Å²) in [7, 11) is 0. The minimum Gasteiger partial charge on any atom is -0.396 e. The van der Waals surface area contributed by atoms with Gasteiger partial charge in [-0.15, -0.1) is 0 Å². The lowest BCUT2D eigenvalue weighted by atomic mass is 9.79. The van der Waals surface area contributed by atoms with Crippen molar-refractivity contribution in [2.45, 2.75) is 25.7 Å². The Hall–Kier alpha value is -1.29. The number of hydrogen-bond donors (Lipinski definition) is 3. The highest BCUT2D eigenvalue weighted by atomic mass is 16.3. The zero-order valence-electron chi connectivity index (χ0n) is 9.98. The van der Waals surface area contributed by atoms with Crippen LogP contribution in [0.5, 0.6) is 0 Å². The lowest BCUT2D eigenvalue weighted by molar-refractivity contribution is 0.0905. The van der Waals surface area contributed by atoms with Gasteiger partial charge in [-0.1, -0.05) is 12.8 Å². The van der Waals surface area contributed by atoms with Crippen LogP contribution in [0, 0.1) is 11.8 Å².